The van der Waals surface area contributed by atoms with Crippen LogP contribution in [0.2, 0.25) is 0 Å². The summed E-state index contributed by atoms with van der Waals surface area (Å²) >= 11 is 0. The second kappa shape index (κ2) is 13.7. The molecule has 0 atom stereocenters. The summed E-state index contributed by atoms with van der Waals surface area (Å²) < 4.78 is 57.2. The summed E-state index contributed by atoms with van der Waals surface area (Å²) in [7, 11) is 6.13. The van der Waals surface area contributed by atoms with Gasteiger partial charge in [-0.2, -0.15) is 0 Å². The Labute approximate surface area is 247 Å². The molecule has 0 saturated carbocycles. The third kappa shape index (κ3) is 7.06. The van der Waals surface area contributed by atoms with Crippen LogP contribution in [0.4, 0.5) is 14.5 Å². The van der Waals surface area contributed by atoms with Gasteiger partial charge < -0.3 is 33.6 Å². The largest absolute Gasteiger partial charge is 0.493 e. The van der Waals surface area contributed by atoms with Crippen LogP contribution in [0.1, 0.15) is 18.9 Å². The molecule has 0 aliphatic carbocycles. The molecule has 1 amide bonds. The SMILES string of the molecule is CCOc1cc(=O)n(C)cc1-c1cc(NC(=O)CCc2ccc(OC)c(OC)c2OC)ccc1Oc1ccc(F)cc1F. The van der Waals surface area contributed by atoms with Crippen LogP contribution in [0.25, 0.3) is 11.1 Å². The van der Waals surface area contributed by atoms with Crippen LogP contribution in [0.15, 0.2) is 65.6 Å². The lowest BCUT2D eigenvalue weighted by Crippen LogP contribution is -2.16. The van der Waals surface area contributed by atoms with Crippen molar-refractivity contribution in [3.8, 4) is 45.6 Å². The molecule has 0 radical (unpaired) electrons. The summed E-state index contributed by atoms with van der Waals surface area (Å²) in [5, 5.41) is 2.87. The molecule has 0 bridgehead atoms. The van der Waals surface area contributed by atoms with Crippen LogP contribution in [0, 0.1) is 11.6 Å². The molecule has 0 aliphatic heterocycles. The van der Waals surface area contributed by atoms with E-state index in [0.717, 1.165) is 17.7 Å². The number of hydrogen-bond donors (Lipinski definition) is 1. The van der Waals surface area contributed by atoms with E-state index in [2.05, 4.69) is 5.32 Å². The molecule has 0 fully saturated rings. The quantitative estimate of drug-likeness (QED) is 0.211. The third-order valence-electron chi connectivity index (χ3n) is 6.56. The predicted molar refractivity (Wildman–Crippen MR) is 158 cm³/mol. The molecule has 43 heavy (non-hydrogen) atoms. The molecule has 0 spiro atoms. The molecule has 11 heteroatoms. The standard InChI is InChI=1S/C32H32F2N2O7/c1-6-42-28-17-30(38)36(2)18-23(28)22-16-21(10-13-25(22)43-26-12-9-20(33)15-24(26)34)35-29(37)14-8-19-7-11-27(39-3)32(41-5)31(19)40-4/h7,9-13,15-18H,6,8,14H2,1-5H3,(H,35,37). The van der Waals surface area contributed by atoms with Crippen LogP contribution in [0.5, 0.6) is 34.5 Å². The number of amides is 1. The van der Waals surface area contributed by atoms with Gasteiger partial charge in [0.05, 0.1) is 27.9 Å². The van der Waals surface area contributed by atoms with Crippen molar-refractivity contribution in [3.63, 3.8) is 0 Å². The van der Waals surface area contributed by atoms with E-state index in [-0.39, 0.29) is 41.7 Å². The maximum atomic E-state index is 14.5. The number of anilines is 1. The second-order valence-corrected chi connectivity index (χ2v) is 9.36. The molecular formula is C32H32F2N2O7. The fourth-order valence-electron chi connectivity index (χ4n) is 4.51. The highest BCUT2D eigenvalue weighted by molar-refractivity contribution is 5.92. The summed E-state index contributed by atoms with van der Waals surface area (Å²) in [6, 6.07) is 12.6. The Hall–Kier alpha value is -5.06. The number of ether oxygens (including phenoxy) is 5. The number of methoxy groups -OCH3 is 3. The first-order valence-electron chi connectivity index (χ1n) is 13.4. The zero-order chi connectivity index (χ0) is 31.1. The molecule has 226 valence electrons. The number of hydrogen-bond acceptors (Lipinski definition) is 7. The number of aromatic nitrogens is 1. The molecule has 0 unspecified atom stereocenters. The van der Waals surface area contributed by atoms with Crippen LogP contribution >= 0.6 is 0 Å². The van der Waals surface area contributed by atoms with Gasteiger partial charge in [-0.15, -0.1) is 0 Å². The maximum absolute atomic E-state index is 14.5. The van der Waals surface area contributed by atoms with Crippen molar-refractivity contribution < 1.29 is 37.3 Å². The summed E-state index contributed by atoms with van der Waals surface area (Å²) in [4.78, 5) is 25.4. The maximum Gasteiger partial charge on any atom is 0.254 e. The van der Waals surface area contributed by atoms with E-state index in [1.165, 1.54) is 38.0 Å². The van der Waals surface area contributed by atoms with Gasteiger partial charge in [-0.1, -0.05) is 6.07 Å². The predicted octanol–water partition coefficient (Wildman–Crippen LogP) is 6.12. The van der Waals surface area contributed by atoms with E-state index in [1.54, 1.807) is 50.5 Å². The smallest absolute Gasteiger partial charge is 0.254 e. The van der Waals surface area contributed by atoms with Crippen molar-refractivity contribution in [2.45, 2.75) is 19.8 Å². The molecule has 1 aromatic heterocycles. The highest BCUT2D eigenvalue weighted by Gasteiger charge is 2.19. The zero-order valence-electron chi connectivity index (χ0n) is 24.5. The number of nitrogens with one attached hydrogen (secondary N) is 1. The zero-order valence-corrected chi connectivity index (χ0v) is 24.5. The van der Waals surface area contributed by atoms with Gasteiger partial charge in [0, 0.05) is 48.6 Å². The fraction of sp³-hybridized carbons (Fsp3) is 0.250. The number of nitrogens with zero attached hydrogens (tertiary/aromatic N) is 1. The summed E-state index contributed by atoms with van der Waals surface area (Å²) in [5.74, 6) is -0.236. The number of carbonyl (C=O) groups is 1. The minimum atomic E-state index is -0.889. The Morgan fingerprint density at radius 2 is 1.56 bits per heavy atom. The Kier molecular flexibility index (Phi) is 9.87. The Balaban J connectivity index is 1.66. The van der Waals surface area contributed by atoms with Crippen molar-refractivity contribution >= 4 is 11.6 Å². The van der Waals surface area contributed by atoms with E-state index < -0.39 is 11.6 Å². The van der Waals surface area contributed by atoms with E-state index >= 15 is 0 Å². The van der Waals surface area contributed by atoms with E-state index in [0.29, 0.717) is 40.5 Å². The van der Waals surface area contributed by atoms with Crippen molar-refractivity contribution in [2.24, 2.45) is 7.05 Å². The first-order chi connectivity index (χ1) is 20.7. The molecule has 1 heterocycles. The Morgan fingerprint density at radius 3 is 2.23 bits per heavy atom. The molecule has 1 N–H and O–H groups in total. The molecule has 9 nitrogen and oxygen atoms in total. The lowest BCUT2D eigenvalue weighted by Gasteiger charge is -2.18. The summed E-state index contributed by atoms with van der Waals surface area (Å²) in [6.45, 7) is 2.05. The number of halogens is 2. The minimum absolute atomic E-state index is 0.115. The first-order valence-corrected chi connectivity index (χ1v) is 13.4. The van der Waals surface area contributed by atoms with E-state index in [9.17, 15) is 18.4 Å². The number of pyridine rings is 1. The van der Waals surface area contributed by atoms with Gasteiger partial charge in [-0.05, 0) is 55.3 Å². The van der Waals surface area contributed by atoms with Crippen LogP contribution < -0.4 is 34.6 Å². The number of aryl methyl sites for hydroxylation is 2. The van der Waals surface area contributed by atoms with Gasteiger partial charge in [-0.25, -0.2) is 8.78 Å². The second-order valence-electron chi connectivity index (χ2n) is 9.36. The van der Waals surface area contributed by atoms with Crippen molar-refractivity contribution in [3.05, 3.63) is 88.3 Å². The van der Waals surface area contributed by atoms with Gasteiger partial charge in [0.1, 0.15) is 17.3 Å². The lowest BCUT2D eigenvalue weighted by atomic mass is 10.0. The van der Waals surface area contributed by atoms with E-state index in [4.69, 9.17) is 23.7 Å². The van der Waals surface area contributed by atoms with Gasteiger partial charge in [0.25, 0.3) is 5.56 Å². The molecule has 0 saturated heterocycles. The topological polar surface area (TPSA) is 97.3 Å². The first kappa shape index (κ1) is 30.9. The Bertz CT molecular complexity index is 1690. The average molecular weight is 595 g/mol. The number of rotatable bonds is 12. The number of benzene rings is 3. The van der Waals surface area contributed by atoms with Crippen molar-refractivity contribution in [1.82, 2.24) is 4.57 Å². The molecule has 3 aromatic carbocycles. The highest BCUT2D eigenvalue weighted by Crippen LogP contribution is 2.41. The summed E-state index contributed by atoms with van der Waals surface area (Å²) in [6.07, 6.45) is 2.03. The molecule has 0 aliphatic rings. The van der Waals surface area contributed by atoms with Crippen molar-refractivity contribution in [2.75, 3.05) is 33.3 Å². The van der Waals surface area contributed by atoms with Crippen LogP contribution in [0.3, 0.4) is 0 Å². The monoisotopic (exact) mass is 594 g/mol. The van der Waals surface area contributed by atoms with E-state index in [1.807, 2.05) is 0 Å². The van der Waals surface area contributed by atoms with Gasteiger partial charge in [0.15, 0.2) is 23.1 Å². The number of carbonyl (C=O) groups excluding carboxylic acids is 1. The average Bonchev–Trinajstić information content (AvgIpc) is 2.99. The molecule has 4 aromatic rings. The molecule has 4 rings (SSSR count). The Morgan fingerprint density at radius 1 is 0.837 bits per heavy atom. The van der Waals surface area contributed by atoms with Gasteiger partial charge in [-0.3, -0.25) is 9.59 Å². The van der Waals surface area contributed by atoms with Crippen LogP contribution in [-0.2, 0) is 18.3 Å². The normalized spacial score (nSPS) is 10.7. The fourth-order valence-corrected chi connectivity index (χ4v) is 4.51. The summed E-state index contributed by atoms with van der Waals surface area (Å²) in [5.41, 5.74) is 1.75. The van der Waals surface area contributed by atoms with Gasteiger partial charge in [0.2, 0.25) is 11.7 Å². The van der Waals surface area contributed by atoms with Crippen molar-refractivity contribution in [1.29, 1.82) is 0 Å². The third-order valence-corrected chi connectivity index (χ3v) is 6.56. The highest BCUT2D eigenvalue weighted by atomic mass is 19.1. The van der Waals surface area contributed by atoms with Gasteiger partial charge >= 0.3 is 0 Å². The van der Waals surface area contributed by atoms with Crippen LogP contribution in [-0.4, -0.2) is 38.4 Å². The minimum Gasteiger partial charge on any atom is -0.493 e. The molecular weight excluding hydrogens is 562 g/mol. The lowest BCUT2D eigenvalue weighted by molar-refractivity contribution is -0.116.